The van der Waals surface area contributed by atoms with Crippen LogP contribution >= 0.6 is 0 Å². The number of carbonyl (C=O) groups excluding carboxylic acids is 1. The van der Waals surface area contributed by atoms with Crippen LogP contribution in [0.4, 0.5) is 5.82 Å². The molecule has 3 nitrogen and oxygen atoms in total. The molecular formula is C11H16N2O. The molecule has 1 aromatic heterocycles. The Labute approximate surface area is 84.8 Å². The number of aromatic nitrogens is 1. The first kappa shape index (κ1) is 10.7. The van der Waals surface area contributed by atoms with E-state index in [0.29, 0.717) is 5.56 Å². The third kappa shape index (κ3) is 2.10. The highest BCUT2D eigenvalue weighted by Crippen LogP contribution is 2.18. The Bertz CT molecular complexity index is 332. The van der Waals surface area contributed by atoms with E-state index in [0.717, 1.165) is 5.82 Å². The summed E-state index contributed by atoms with van der Waals surface area (Å²) >= 11 is 0. The molecule has 1 aromatic rings. The third-order valence-corrected chi connectivity index (χ3v) is 2.00. The lowest BCUT2D eigenvalue weighted by Crippen LogP contribution is -2.17. The van der Waals surface area contributed by atoms with Crippen molar-refractivity contribution in [2.45, 2.75) is 13.8 Å². The van der Waals surface area contributed by atoms with E-state index in [1.807, 2.05) is 38.9 Å². The van der Waals surface area contributed by atoms with Crippen molar-refractivity contribution in [3.05, 3.63) is 23.9 Å². The summed E-state index contributed by atoms with van der Waals surface area (Å²) in [4.78, 5) is 17.8. The van der Waals surface area contributed by atoms with Crippen LogP contribution < -0.4 is 4.90 Å². The minimum absolute atomic E-state index is 0.0119. The van der Waals surface area contributed by atoms with Gasteiger partial charge < -0.3 is 4.90 Å². The molecule has 0 saturated carbocycles. The molecule has 0 atom stereocenters. The van der Waals surface area contributed by atoms with Gasteiger partial charge in [0.1, 0.15) is 5.82 Å². The quantitative estimate of drug-likeness (QED) is 0.687. The van der Waals surface area contributed by atoms with E-state index >= 15 is 0 Å². The molecule has 0 radical (unpaired) electrons. The fourth-order valence-corrected chi connectivity index (χ4v) is 1.26. The lowest BCUT2D eigenvalue weighted by molar-refractivity contribution is 0.0939. The lowest BCUT2D eigenvalue weighted by Gasteiger charge is -2.15. The van der Waals surface area contributed by atoms with E-state index in [4.69, 9.17) is 0 Å². The van der Waals surface area contributed by atoms with Crippen LogP contribution in [-0.4, -0.2) is 24.9 Å². The first-order valence-corrected chi connectivity index (χ1v) is 4.70. The number of pyridine rings is 1. The SMILES string of the molecule is CC(C)C(=O)c1cccnc1N(C)C. The van der Waals surface area contributed by atoms with Crippen molar-refractivity contribution in [3.63, 3.8) is 0 Å². The molecule has 0 amide bonds. The maximum absolute atomic E-state index is 11.8. The van der Waals surface area contributed by atoms with Gasteiger partial charge in [-0.1, -0.05) is 13.8 Å². The summed E-state index contributed by atoms with van der Waals surface area (Å²) in [7, 11) is 3.78. The summed E-state index contributed by atoms with van der Waals surface area (Å²) < 4.78 is 0. The van der Waals surface area contributed by atoms with Crippen molar-refractivity contribution in [1.82, 2.24) is 4.98 Å². The molecule has 0 aliphatic rings. The largest absolute Gasteiger partial charge is 0.362 e. The van der Waals surface area contributed by atoms with E-state index in [-0.39, 0.29) is 11.7 Å². The predicted octanol–water partition coefficient (Wildman–Crippen LogP) is 1.99. The Morgan fingerprint density at radius 1 is 1.43 bits per heavy atom. The smallest absolute Gasteiger partial charge is 0.169 e. The van der Waals surface area contributed by atoms with Gasteiger partial charge in [0.2, 0.25) is 0 Å². The van der Waals surface area contributed by atoms with Crippen molar-refractivity contribution in [1.29, 1.82) is 0 Å². The molecular weight excluding hydrogens is 176 g/mol. The third-order valence-electron chi connectivity index (χ3n) is 2.00. The Kier molecular flexibility index (Phi) is 3.23. The van der Waals surface area contributed by atoms with Crippen molar-refractivity contribution < 1.29 is 4.79 Å². The number of ketones is 1. The number of hydrogen-bond acceptors (Lipinski definition) is 3. The molecule has 0 fully saturated rings. The number of anilines is 1. The Morgan fingerprint density at radius 2 is 2.07 bits per heavy atom. The zero-order valence-electron chi connectivity index (χ0n) is 9.11. The van der Waals surface area contributed by atoms with Crippen LogP contribution in [0.1, 0.15) is 24.2 Å². The topological polar surface area (TPSA) is 33.2 Å². The molecule has 0 unspecified atom stereocenters. The van der Waals surface area contributed by atoms with Gasteiger partial charge in [0.05, 0.1) is 5.56 Å². The molecule has 0 aliphatic carbocycles. The monoisotopic (exact) mass is 192 g/mol. The molecule has 1 rings (SSSR count). The van der Waals surface area contributed by atoms with Crippen molar-refractivity contribution >= 4 is 11.6 Å². The fourth-order valence-electron chi connectivity index (χ4n) is 1.26. The van der Waals surface area contributed by atoms with E-state index in [2.05, 4.69) is 4.98 Å². The lowest BCUT2D eigenvalue weighted by atomic mass is 10.0. The van der Waals surface area contributed by atoms with Gasteiger partial charge in [-0.15, -0.1) is 0 Å². The van der Waals surface area contributed by atoms with Gasteiger partial charge >= 0.3 is 0 Å². The number of nitrogens with zero attached hydrogens (tertiary/aromatic N) is 2. The summed E-state index contributed by atoms with van der Waals surface area (Å²) in [5.74, 6) is 0.894. The van der Waals surface area contributed by atoms with Crippen LogP contribution in [0.25, 0.3) is 0 Å². The van der Waals surface area contributed by atoms with Gasteiger partial charge in [0.25, 0.3) is 0 Å². The van der Waals surface area contributed by atoms with E-state index in [1.165, 1.54) is 0 Å². The number of carbonyl (C=O) groups is 1. The van der Waals surface area contributed by atoms with Crippen LogP contribution in [0.5, 0.6) is 0 Å². The van der Waals surface area contributed by atoms with Gasteiger partial charge in [-0.05, 0) is 12.1 Å². The van der Waals surface area contributed by atoms with Crippen LogP contribution in [0.15, 0.2) is 18.3 Å². The van der Waals surface area contributed by atoms with E-state index in [9.17, 15) is 4.79 Å². The normalized spacial score (nSPS) is 10.4. The highest BCUT2D eigenvalue weighted by atomic mass is 16.1. The van der Waals surface area contributed by atoms with E-state index in [1.54, 1.807) is 12.3 Å². The van der Waals surface area contributed by atoms with Gasteiger partial charge in [-0.3, -0.25) is 4.79 Å². The summed E-state index contributed by atoms with van der Waals surface area (Å²) in [5, 5.41) is 0. The Hall–Kier alpha value is -1.38. The van der Waals surface area contributed by atoms with Crippen molar-refractivity contribution in [2.24, 2.45) is 5.92 Å². The van der Waals surface area contributed by atoms with Crippen molar-refractivity contribution in [3.8, 4) is 0 Å². The van der Waals surface area contributed by atoms with Gasteiger partial charge in [-0.25, -0.2) is 4.98 Å². The predicted molar refractivity (Wildman–Crippen MR) is 57.7 cm³/mol. The molecule has 76 valence electrons. The van der Waals surface area contributed by atoms with Crippen LogP contribution in [0.3, 0.4) is 0 Å². The average molecular weight is 192 g/mol. The van der Waals surface area contributed by atoms with Gasteiger partial charge in [-0.2, -0.15) is 0 Å². The van der Waals surface area contributed by atoms with Crippen LogP contribution in [0.2, 0.25) is 0 Å². The number of rotatable bonds is 3. The average Bonchev–Trinajstić information content (AvgIpc) is 2.16. The molecule has 3 heteroatoms. The second-order valence-corrected chi connectivity index (χ2v) is 3.79. The molecule has 0 aromatic carbocycles. The Morgan fingerprint density at radius 3 is 2.57 bits per heavy atom. The number of hydrogen-bond donors (Lipinski definition) is 0. The van der Waals surface area contributed by atoms with Gasteiger partial charge in [0, 0.05) is 26.2 Å². The molecule has 0 N–H and O–H groups in total. The fraction of sp³-hybridized carbons (Fsp3) is 0.455. The molecule has 1 heterocycles. The summed E-state index contributed by atoms with van der Waals surface area (Å²) in [5.41, 5.74) is 0.701. The standard InChI is InChI=1S/C11H16N2O/c1-8(2)10(14)9-6-5-7-12-11(9)13(3)4/h5-8H,1-4H3. The summed E-state index contributed by atoms with van der Waals surface area (Å²) in [6, 6.07) is 3.62. The minimum atomic E-state index is 0.0119. The maximum Gasteiger partial charge on any atom is 0.169 e. The molecule has 0 saturated heterocycles. The van der Waals surface area contributed by atoms with Crippen molar-refractivity contribution in [2.75, 3.05) is 19.0 Å². The first-order valence-electron chi connectivity index (χ1n) is 4.70. The van der Waals surface area contributed by atoms with E-state index < -0.39 is 0 Å². The second-order valence-electron chi connectivity index (χ2n) is 3.79. The molecule has 0 bridgehead atoms. The number of Topliss-reactive ketones (excluding diaryl/α,β-unsaturated/α-hetero) is 1. The highest BCUT2D eigenvalue weighted by molar-refractivity contribution is 6.01. The Balaban J connectivity index is 3.13. The zero-order valence-corrected chi connectivity index (χ0v) is 9.11. The molecule has 0 spiro atoms. The second kappa shape index (κ2) is 4.22. The minimum Gasteiger partial charge on any atom is -0.362 e. The highest BCUT2D eigenvalue weighted by Gasteiger charge is 2.16. The maximum atomic E-state index is 11.8. The summed E-state index contributed by atoms with van der Waals surface area (Å²) in [6.07, 6.45) is 1.70. The van der Waals surface area contributed by atoms with Crippen LogP contribution in [0, 0.1) is 5.92 Å². The molecule has 0 aliphatic heterocycles. The van der Waals surface area contributed by atoms with Gasteiger partial charge in [0.15, 0.2) is 5.78 Å². The first-order chi connectivity index (χ1) is 6.54. The molecule has 14 heavy (non-hydrogen) atoms. The zero-order chi connectivity index (χ0) is 10.7. The summed E-state index contributed by atoms with van der Waals surface area (Å²) in [6.45, 7) is 3.80. The van der Waals surface area contributed by atoms with Crippen LogP contribution in [-0.2, 0) is 0 Å².